The quantitative estimate of drug-likeness (QED) is 0.392. The number of anilines is 3. The first-order chi connectivity index (χ1) is 15.6. The predicted octanol–water partition coefficient (Wildman–Crippen LogP) is 5.32. The SMILES string of the molecule is CCC[C@H](CCCO)Nc1ncc2nc(Nc3ccc(F)cc3F)n(C3CCCC3)c2n1. The Kier molecular flexibility index (Phi) is 7.14. The molecule has 7 nitrogen and oxygen atoms in total. The number of benzene rings is 1. The van der Waals surface area contributed by atoms with Crippen molar-refractivity contribution in [3.05, 3.63) is 36.0 Å². The number of halogens is 2. The molecule has 0 aliphatic heterocycles. The highest BCUT2D eigenvalue weighted by molar-refractivity contribution is 5.76. The lowest BCUT2D eigenvalue weighted by Gasteiger charge is -2.19. The van der Waals surface area contributed by atoms with Gasteiger partial charge in [-0.25, -0.2) is 18.7 Å². The predicted molar refractivity (Wildman–Crippen MR) is 121 cm³/mol. The second kappa shape index (κ2) is 10.2. The molecule has 4 rings (SSSR count). The molecule has 1 fully saturated rings. The van der Waals surface area contributed by atoms with E-state index in [0.717, 1.165) is 57.4 Å². The van der Waals surface area contributed by atoms with Gasteiger partial charge in [0.2, 0.25) is 11.9 Å². The van der Waals surface area contributed by atoms with Crippen LogP contribution >= 0.6 is 0 Å². The topological polar surface area (TPSA) is 87.9 Å². The first-order valence-corrected chi connectivity index (χ1v) is 11.4. The van der Waals surface area contributed by atoms with Gasteiger partial charge in [-0.1, -0.05) is 26.2 Å². The molecule has 1 aliphatic rings. The number of nitrogens with zero attached hydrogens (tertiary/aromatic N) is 4. The maximum Gasteiger partial charge on any atom is 0.224 e. The Morgan fingerprint density at radius 1 is 1.19 bits per heavy atom. The summed E-state index contributed by atoms with van der Waals surface area (Å²) in [6, 6.07) is 3.83. The van der Waals surface area contributed by atoms with Gasteiger partial charge in [-0.3, -0.25) is 4.57 Å². The molecule has 0 amide bonds. The molecule has 1 aliphatic carbocycles. The third kappa shape index (κ3) is 4.98. The van der Waals surface area contributed by atoms with Crippen LogP contribution in [0.3, 0.4) is 0 Å². The normalized spacial score (nSPS) is 15.4. The number of imidazole rings is 1. The number of fused-ring (bicyclic) bond motifs is 1. The van der Waals surface area contributed by atoms with E-state index in [1.54, 1.807) is 6.20 Å². The Morgan fingerprint density at radius 2 is 2.00 bits per heavy atom. The van der Waals surface area contributed by atoms with Gasteiger partial charge in [0, 0.05) is 24.8 Å². The van der Waals surface area contributed by atoms with Crippen molar-refractivity contribution in [2.75, 3.05) is 17.2 Å². The number of aliphatic hydroxyl groups is 1. The van der Waals surface area contributed by atoms with Crippen molar-refractivity contribution in [3.63, 3.8) is 0 Å². The molecule has 9 heteroatoms. The largest absolute Gasteiger partial charge is 0.396 e. The van der Waals surface area contributed by atoms with Crippen molar-refractivity contribution in [2.45, 2.75) is 70.4 Å². The highest BCUT2D eigenvalue weighted by Gasteiger charge is 2.25. The molecule has 3 N–H and O–H groups in total. The molecule has 1 aromatic carbocycles. The minimum Gasteiger partial charge on any atom is -0.396 e. The van der Waals surface area contributed by atoms with Gasteiger partial charge in [-0.15, -0.1) is 0 Å². The Labute approximate surface area is 186 Å². The van der Waals surface area contributed by atoms with Crippen LogP contribution in [0.15, 0.2) is 24.4 Å². The zero-order chi connectivity index (χ0) is 22.5. The van der Waals surface area contributed by atoms with Crippen LogP contribution in [0.4, 0.5) is 26.4 Å². The number of aliphatic hydroxyl groups excluding tert-OH is 1. The summed E-state index contributed by atoms with van der Waals surface area (Å²) in [6.45, 7) is 2.28. The van der Waals surface area contributed by atoms with Gasteiger partial charge < -0.3 is 15.7 Å². The van der Waals surface area contributed by atoms with Crippen molar-refractivity contribution < 1.29 is 13.9 Å². The van der Waals surface area contributed by atoms with Crippen LogP contribution in [0.2, 0.25) is 0 Å². The molecule has 2 aromatic heterocycles. The van der Waals surface area contributed by atoms with Crippen LogP contribution in [0.5, 0.6) is 0 Å². The summed E-state index contributed by atoms with van der Waals surface area (Å²) in [5, 5.41) is 15.6. The van der Waals surface area contributed by atoms with E-state index in [2.05, 4.69) is 27.5 Å². The Bertz CT molecular complexity index is 1050. The standard InChI is InChI=1S/C23H30F2N6O/c1-2-6-16(7-5-12-32)27-22-26-14-20-21(30-22)31(17-8-3-4-9-17)23(29-20)28-19-11-10-15(24)13-18(19)25/h10-11,13-14,16-17,32H,2-9,12H2,1H3,(H,28,29)(H,26,27,30)/t16-/m1/s1. The molecule has 3 aromatic rings. The highest BCUT2D eigenvalue weighted by atomic mass is 19.1. The molecule has 1 atom stereocenters. The Morgan fingerprint density at radius 3 is 2.72 bits per heavy atom. The van der Waals surface area contributed by atoms with Crippen molar-refractivity contribution in [3.8, 4) is 0 Å². The van der Waals surface area contributed by atoms with Crippen molar-refractivity contribution in [2.24, 2.45) is 0 Å². The lowest BCUT2D eigenvalue weighted by Crippen LogP contribution is -2.21. The highest BCUT2D eigenvalue weighted by Crippen LogP contribution is 2.36. The smallest absolute Gasteiger partial charge is 0.224 e. The number of nitrogens with one attached hydrogen (secondary N) is 2. The summed E-state index contributed by atoms with van der Waals surface area (Å²) < 4.78 is 29.6. The average Bonchev–Trinajstić information content (AvgIpc) is 3.41. The zero-order valence-corrected chi connectivity index (χ0v) is 18.3. The monoisotopic (exact) mass is 444 g/mol. The van der Waals surface area contributed by atoms with Gasteiger partial charge in [-0.05, 0) is 44.2 Å². The molecular formula is C23H30F2N6O. The number of rotatable bonds is 10. The van der Waals surface area contributed by atoms with Gasteiger partial charge in [0.25, 0.3) is 0 Å². The van der Waals surface area contributed by atoms with Crippen LogP contribution in [0.25, 0.3) is 11.2 Å². The third-order valence-corrected chi connectivity index (χ3v) is 5.98. The number of hydrogen-bond acceptors (Lipinski definition) is 6. The van der Waals surface area contributed by atoms with E-state index in [-0.39, 0.29) is 24.4 Å². The molecule has 0 radical (unpaired) electrons. The van der Waals surface area contributed by atoms with Crippen molar-refractivity contribution >= 4 is 28.7 Å². The summed E-state index contributed by atoms with van der Waals surface area (Å²) in [6.07, 6.45) is 9.43. The Balaban J connectivity index is 1.68. The van der Waals surface area contributed by atoms with E-state index in [1.165, 1.54) is 12.1 Å². The van der Waals surface area contributed by atoms with Gasteiger partial charge in [0.05, 0.1) is 11.9 Å². The Hall–Kier alpha value is -2.81. The summed E-state index contributed by atoms with van der Waals surface area (Å²) in [4.78, 5) is 13.8. The summed E-state index contributed by atoms with van der Waals surface area (Å²) in [5.41, 5.74) is 1.48. The summed E-state index contributed by atoms with van der Waals surface area (Å²) >= 11 is 0. The fourth-order valence-electron chi connectivity index (χ4n) is 4.43. The third-order valence-electron chi connectivity index (χ3n) is 5.98. The molecule has 0 bridgehead atoms. The lowest BCUT2D eigenvalue weighted by atomic mass is 10.1. The molecule has 172 valence electrons. The average molecular weight is 445 g/mol. The van der Waals surface area contributed by atoms with E-state index >= 15 is 0 Å². The van der Waals surface area contributed by atoms with Crippen LogP contribution in [-0.4, -0.2) is 37.3 Å². The van der Waals surface area contributed by atoms with E-state index in [4.69, 9.17) is 4.98 Å². The fourth-order valence-corrected chi connectivity index (χ4v) is 4.43. The first kappa shape index (κ1) is 22.4. The molecule has 0 unspecified atom stereocenters. The lowest BCUT2D eigenvalue weighted by molar-refractivity contribution is 0.280. The first-order valence-electron chi connectivity index (χ1n) is 11.4. The fraction of sp³-hybridized carbons (Fsp3) is 0.522. The van der Waals surface area contributed by atoms with Gasteiger partial charge >= 0.3 is 0 Å². The van der Waals surface area contributed by atoms with Gasteiger partial charge in [0.15, 0.2) is 5.65 Å². The molecule has 2 heterocycles. The summed E-state index contributed by atoms with van der Waals surface area (Å²) in [5.74, 6) is -0.293. The van der Waals surface area contributed by atoms with E-state index in [0.29, 0.717) is 23.1 Å². The molecule has 32 heavy (non-hydrogen) atoms. The van der Waals surface area contributed by atoms with Crippen LogP contribution in [0.1, 0.15) is 64.3 Å². The molecule has 0 spiro atoms. The van der Waals surface area contributed by atoms with Crippen molar-refractivity contribution in [1.82, 2.24) is 19.5 Å². The number of aromatic nitrogens is 4. The second-order valence-corrected chi connectivity index (χ2v) is 8.39. The van der Waals surface area contributed by atoms with E-state index < -0.39 is 11.6 Å². The minimum atomic E-state index is -0.672. The van der Waals surface area contributed by atoms with Crippen LogP contribution < -0.4 is 10.6 Å². The molecule has 1 saturated carbocycles. The second-order valence-electron chi connectivity index (χ2n) is 8.39. The van der Waals surface area contributed by atoms with Crippen molar-refractivity contribution in [1.29, 1.82) is 0 Å². The molecular weight excluding hydrogens is 414 g/mol. The maximum absolute atomic E-state index is 14.3. The van der Waals surface area contributed by atoms with E-state index in [1.807, 2.05) is 4.57 Å². The zero-order valence-electron chi connectivity index (χ0n) is 18.3. The minimum absolute atomic E-state index is 0.158. The molecule has 0 saturated heterocycles. The number of hydrogen-bond donors (Lipinski definition) is 3. The van der Waals surface area contributed by atoms with E-state index in [9.17, 15) is 13.9 Å². The van der Waals surface area contributed by atoms with Gasteiger partial charge in [-0.2, -0.15) is 4.98 Å². The maximum atomic E-state index is 14.3. The van der Waals surface area contributed by atoms with Crippen LogP contribution in [0, 0.1) is 11.6 Å². The van der Waals surface area contributed by atoms with Crippen LogP contribution in [-0.2, 0) is 0 Å². The van der Waals surface area contributed by atoms with Gasteiger partial charge in [0.1, 0.15) is 17.2 Å². The summed E-state index contributed by atoms with van der Waals surface area (Å²) in [7, 11) is 0.